The predicted octanol–water partition coefficient (Wildman–Crippen LogP) is 6.38. The lowest BCUT2D eigenvalue weighted by Crippen LogP contribution is -2.17. The van der Waals surface area contributed by atoms with Crippen LogP contribution in [-0.2, 0) is 6.61 Å². The molecule has 4 aromatic rings. The van der Waals surface area contributed by atoms with Gasteiger partial charge in [0.15, 0.2) is 5.76 Å². The minimum absolute atomic E-state index is 0.00138. The minimum Gasteiger partial charge on any atom is -0.486 e. The Morgan fingerprint density at radius 2 is 1.82 bits per heavy atom. The Kier molecular flexibility index (Phi) is 8.36. The van der Waals surface area contributed by atoms with Crippen molar-refractivity contribution < 1.29 is 23.6 Å². The summed E-state index contributed by atoms with van der Waals surface area (Å²) in [6, 6.07) is 17.6. The van der Waals surface area contributed by atoms with Crippen LogP contribution in [0.3, 0.4) is 0 Å². The van der Waals surface area contributed by atoms with Gasteiger partial charge in [-0.05, 0) is 82.3 Å². The van der Waals surface area contributed by atoms with E-state index < -0.39 is 10.8 Å². The summed E-state index contributed by atoms with van der Waals surface area (Å²) in [5.74, 6) is 0.519. The Morgan fingerprint density at radius 3 is 2.46 bits per heavy atom. The highest BCUT2D eigenvalue weighted by Crippen LogP contribution is 2.34. The van der Waals surface area contributed by atoms with Crippen LogP contribution in [0.2, 0.25) is 5.02 Å². The van der Waals surface area contributed by atoms with Crippen molar-refractivity contribution in [1.29, 1.82) is 0 Å². The molecule has 0 aliphatic heterocycles. The van der Waals surface area contributed by atoms with Gasteiger partial charge in [0.1, 0.15) is 18.1 Å². The third kappa shape index (κ3) is 6.66. The van der Waals surface area contributed by atoms with Gasteiger partial charge in [-0.1, -0.05) is 11.6 Å². The Morgan fingerprint density at radius 1 is 1.13 bits per heavy atom. The first-order valence-electron chi connectivity index (χ1n) is 12.1. The van der Waals surface area contributed by atoms with Crippen LogP contribution in [0.4, 0.5) is 5.69 Å². The fraction of sp³-hybridized carbons (Fsp3) is 0.214. The molecule has 0 fully saturated rings. The second-order valence-electron chi connectivity index (χ2n) is 8.97. The molecular formula is C28H27ClN4O6. The minimum atomic E-state index is -0.609. The monoisotopic (exact) mass is 550 g/mol. The second kappa shape index (κ2) is 11.9. The lowest BCUT2D eigenvalue weighted by Gasteiger charge is -2.12. The first-order valence-corrected chi connectivity index (χ1v) is 12.4. The van der Waals surface area contributed by atoms with Crippen molar-refractivity contribution in [3.05, 3.63) is 104 Å². The number of nitrogens with zero attached hydrogens (tertiary/aromatic N) is 3. The fourth-order valence-electron chi connectivity index (χ4n) is 3.91. The molecule has 0 aliphatic carbocycles. The number of nitrogens with one attached hydrogen (secondary N) is 1. The third-order valence-corrected chi connectivity index (χ3v) is 5.83. The SMILES string of the molecule is Cc1ccc(C)n1-c1ccc(OCc2ccc(C(=O)N/N=C/c3cc(Cl)cc([N+](=O)[O-])c3OC(C)C)o2)cc1. The number of carbonyl (C=O) groups is 1. The molecule has 2 aromatic carbocycles. The van der Waals surface area contributed by atoms with Gasteiger partial charge in [-0.25, -0.2) is 5.43 Å². The molecule has 0 spiro atoms. The average molecular weight is 551 g/mol. The molecule has 0 aliphatic rings. The molecule has 11 heteroatoms. The average Bonchev–Trinajstić information content (AvgIpc) is 3.50. The number of amides is 1. The maximum Gasteiger partial charge on any atom is 0.313 e. The molecule has 2 heterocycles. The van der Waals surface area contributed by atoms with Gasteiger partial charge in [0.05, 0.1) is 17.2 Å². The number of nitro benzene ring substituents is 1. The molecule has 0 saturated carbocycles. The maximum absolute atomic E-state index is 12.5. The number of nitro groups is 1. The van der Waals surface area contributed by atoms with E-state index in [2.05, 4.69) is 41.1 Å². The number of furan rings is 1. The highest BCUT2D eigenvalue weighted by Gasteiger charge is 2.21. The number of rotatable bonds is 10. The molecule has 0 saturated heterocycles. The van der Waals surface area contributed by atoms with Crippen LogP contribution < -0.4 is 14.9 Å². The van der Waals surface area contributed by atoms with Crippen LogP contribution >= 0.6 is 11.6 Å². The van der Waals surface area contributed by atoms with Gasteiger partial charge in [-0.2, -0.15) is 5.10 Å². The largest absolute Gasteiger partial charge is 0.486 e. The maximum atomic E-state index is 12.5. The Hall–Kier alpha value is -4.57. The van der Waals surface area contributed by atoms with E-state index in [9.17, 15) is 14.9 Å². The molecule has 4 rings (SSSR count). The number of aryl methyl sites for hydroxylation is 2. The Labute approximate surface area is 229 Å². The summed E-state index contributed by atoms with van der Waals surface area (Å²) < 4.78 is 19.1. The molecule has 1 N–H and O–H groups in total. The van der Waals surface area contributed by atoms with Crippen LogP contribution in [0.25, 0.3) is 5.69 Å². The standard InChI is InChI=1S/C28H27ClN4O6/c1-17(2)38-27-20(13-21(29)14-25(27)33(35)36)15-30-31-28(34)26-12-11-24(39-26)16-37-23-9-7-22(8-10-23)32-18(3)5-6-19(32)4/h5-15,17H,16H2,1-4H3,(H,31,34)/b30-15+. The van der Waals surface area contributed by atoms with E-state index in [4.69, 9.17) is 25.5 Å². The number of halogens is 1. The van der Waals surface area contributed by atoms with Crippen molar-refractivity contribution in [3.8, 4) is 17.2 Å². The third-order valence-electron chi connectivity index (χ3n) is 5.62. The van der Waals surface area contributed by atoms with Gasteiger partial charge in [-0.3, -0.25) is 14.9 Å². The lowest BCUT2D eigenvalue weighted by atomic mass is 10.2. The summed E-state index contributed by atoms with van der Waals surface area (Å²) >= 11 is 6.02. The Balaban J connectivity index is 1.37. The number of hydrazone groups is 1. The summed E-state index contributed by atoms with van der Waals surface area (Å²) in [4.78, 5) is 23.3. The summed E-state index contributed by atoms with van der Waals surface area (Å²) in [7, 11) is 0. The van der Waals surface area contributed by atoms with Crippen molar-refractivity contribution >= 4 is 29.4 Å². The van der Waals surface area contributed by atoms with E-state index in [1.54, 1.807) is 19.9 Å². The topological polar surface area (TPSA) is 121 Å². The molecule has 39 heavy (non-hydrogen) atoms. The summed E-state index contributed by atoms with van der Waals surface area (Å²) in [5, 5.41) is 15.5. The predicted molar refractivity (Wildman–Crippen MR) is 147 cm³/mol. The van der Waals surface area contributed by atoms with E-state index >= 15 is 0 Å². The van der Waals surface area contributed by atoms with Crippen molar-refractivity contribution in [2.24, 2.45) is 5.10 Å². The van der Waals surface area contributed by atoms with Gasteiger partial charge >= 0.3 is 11.6 Å². The Bertz CT molecular complexity index is 1500. The number of carbonyl (C=O) groups excluding carboxylic acids is 1. The van der Waals surface area contributed by atoms with Crippen molar-refractivity contribution in [3.63, 3.8) is 0 Å². The summed E-state index contributed by atoms with van der Waals surface area (Å²) in [5.41, 5.74) is 5.60. The summed E-state index contributed by atoms with van der Waals surface area (Å²) in [6.07, 6.45) is 0.892. The molecule has 0 radical (unpaired) electrons. The second-order valence-corrected chi connectivity index (χ2v) is 9.40. The number of hydrogen-bond acceptors (Lipinski definition) is 7. The van der Waals surface area contributed by atoms with E-state index in [1.165, 1.54) is 24.4 Å². The van der Waals surface area contributed by atoms with Crippen LogP contribution in [0.15, 0.2) is 70.2 Å². The zero-order valence-electron chi connectivity index (χ0n) is 21.8. The fourth-order valence-corrected chi connectivity index (χ4v) is 4.13. The summed E-state index contributed by atoms with van der Waals surface area (Å²) in [6.45, 7) is 7.70. The van der Waals surface area contributed by atoms with E-state index in [-0.39, 0.29) is 40.5 Å². The lowest BCUT2D eigenvalue weighted by molar-refractivity contribution is -0.386. The van der Waals surface area contributed by atoms with Crippen LogP contribution in [0.1, 0.15) is 47.1 Å². The number of hydrogen-bond donors (Lipinski definition) is 1. The molecule has 1 amide bonds. The highest BCUT2D eigenvalue weighted by molar-refractivity contribution is 6.31. The number of benzene rings is 2. The van der Waals surface area contributed by atoms with Crippen molar-refractivity contribution in [2.75, 3.05) is 0 Å². The quantitative estimate of drug-likeness (QED) is 0.139. The van der Waals surface area contributed by atoms with E-state index in [0.29, 0.717) is 11.5 Å². The van der Waals surface area contributed by atoms with Gasteiger partial charge in [0, 0.05) is 33.7 Å². The van der Waals surface area contributed by atoms with Crippen LogP contribution in [-0.4, -0.2) is 27.7 Å². The smallest absolute Gasteiger partial charge is 0.313 e. The van der Waals surface area contributed by atoms with Gasteiger partial charge < -0.3 is 18.5 Å². The van der Waals surface area contributed by atoms with E-state index in [0.717, 1.165) is 17.1 Å². The number of aromatic nitrogens is 1. The van der Waals surface area contributed by atoms with Gasteiger partial charge in [-0.15, -0.1) is 0 Å². The molecule has 2 aromatic heterocycles. The van der Waals surface area contributed by atoms with Crippen LogP contribution in [0, 0.1) is 24.0 Å². The first-order chi connectivity index (χ1) is 18.6. The van der Waals surface area contributed by atoms with Crippen molar-refractivity contribution in [1.82, 2.24) is 9.99 Å². The zero-order chi connectivity index (χ0) is 28.1. The first kappa shape index (κ1) is 27.5. The molecular weight excluding hydrogens is 524 g/mol. The normalized spacial score (nSPS) is 11.2. The molecule has 0 unspecified atom stereocenters. The van der Waals surface area contributed by atoms with Gasteiger partial charge in [0.25, 0.3) is 0 Å². The van der Waals surface area contributed by atoms with Crippen LogP contribution in [0.5, 0.6) is 11.5 Å². The van der Waals surface area contributed by atoms with Gasteiger partial charge in [0.2, 0.25) is 5.75 Å². The zero-order valence-corrected chi connectivity index (χ0v) is 22.6. The molecule has 0 atom stereocenters. The molecule has 202 valence electrons. The highest BCUT2D eigenvalue weighted by atomic mass is 35.5. The van der Waals surface area contributed by atoms with E-state index in [1.807, 2.05) is 24.3 Å². The number of ether oxygens (including phenoxy) is 2. The molecule has 0 bridgehead atoms. The molecule has 10 nitrogen and oxygen atoms in total. The van der Waals surface area contributed by atoms with Crippen molar-refractivity contribution in [2.45, 2.75) is 40.4 Å².